The van der Waals surface area contributed by atoms with Crippen molar-refractivity contribution in [3.05, 3.63) is 0 Å². The third-order valence-electron chi connectivity index (χ3n) is 3.60. The third-order valence-corrected chi connectivity index (χ3v) is 3.60. The average Bonchev–Trinajstić information content (AvgIpc) is 2.35. The van der Waals surface area contributed by atoms with Crippen molar-refractivity contribution in [3.8, 4) is 0 Å². The van der Waals surface area contributed by atoms with Crippen LogP contribution < -0.4 is 10.6 Å². The smallest absolute Gasteiger partial charge is 0.315 e. The molecular formula is C13H24N2O3. The number of hydrogen-bond acceptors (Lipinski definition) is 2. The van der Waals surface area contributed by atoms with E-state index in [-0.39, 0.29) is 18.5 Å². The Morgan fingerprint density at radius 1 is 1.28 bits per heavy atom. The highest BCUT2D eigenvalue weighted by Crippen LogP contribution is 2.26. The van der Waals surface area contributed by atoms with E-state index in [0.717, 1.165) is 12.8 Å². The van der Waals surface area contributed by atoms with Crippen molar-refractivity contribution >= 4 is 12.0 Å². The Hall–Kier alpha value is -1.26. The number of hydrogen-bond donors (Lipinski definition) is 3. The summed E-state index contributed by atoms with van der Waals surface area (Å²) in [7, 11) is 0. The highest BCUT2D eigenvalue weighted by Gasteiger charge is 2.24. The maximum Gasteiger partial charge on any atom is 0.315 e. The summed E-state index contributed by atoms with van der Waals surface area (Å²) in [5.74, 6) is -0.237. The molecule has 0 spiro atoms. The first-order valence-corrected chi connectivity index (χ1v) is 6.89. The molecule has 0 aromatic carbocycles. The van der Waals surface area contributed by atoms with Crippen LogP contribution in [-0.4, -0.2) is 29.7 Å². The Morgan fingerprint density at radius 2 is 2.00 bits per heavy atom. The number of nitrogens with one attached hydrogen (secondary N) is 2. The van der Waals surface area contributed by atoms with Crippen LogP contribution in [0.25, 0.3) is 0 Å². The van der Waals surface area contributed by atoms with E-state index in [2.05, 4.69) is 17.6 Å². The zero-order valence-corrected chi connectivity index (χ0v) is 11.1. The number of rotatable bonds is 6. The summed E-state index contributed by atoms with van der Waals surface area (Å²) in [5.41, 5.74) is 0. The van der Waals surface area contributed by atoms with Gasteiger partial charge in [0.25, 0.3) is 0 Å². The maximum absolute atomic E-state index is 11.6. The van der Waals surface area contributed by atoms with Gasteiger partial charge in [0.15, 0.2) is 0 Å². The Bertz CT molecular complexity index is 281. The summed E-state index contributed by atoms with van der Waals surface area (Å²) < 4.78 is 0. The molecule has 0 radical (unpaired) electrons. The van der Waals surface area contributed by atoms with Crippen LogP contribution in [0.2, 0.25) is 0 Å². The molecule has 2 atom stereocenters. The Labute approximate surface area is 108 Å². The highest BCUT2D eigenvalue weighted by atomic mass is 16.4. The molecule has 0 bridgehead atoms. The van der Waals surface area contributed by atoms with Crippen LogP contribution in [0.1, 0.15) is 51.9 Å². The Morgan fingerprint density at radius 3 is 2.67 bits per heavy atom. The summed E-state index contributed by atoms with van der Waals surface area (Å²) in [5, 5.41) is 14.2. The van der Waals surface area contributed by atoms with Gasteiger partial charge in [-0.2, -0.15) is 0 Å². The van der Waals surface area contributed by atoms with Gasteiger partial charge >= 0.3 is 12.0 Å². The van der Waals surface area contributed by atoms with Gasteiger partial charge in [-0.15, -0.1) is 0 Å². The van der Waals surface area contributed by atoms with Gasteiger partial charge in [-0.25, -0.2) is 4.79 Å². The van der Waals surface area contributed by atoms with E-state index in [1.165, 1.54) is 19.3 Å². The predicted molar refractivity (Wildman–Crippen MR) is 69.4 cm³/mol. The Balaban J connectivity index is 2.19. The van der Waals surface area contributed by atoms with Gasteiger partial charge in [0, 0.05) is 19.0 Å². The molecule has 1 fully saturated rings. The van der Waals surface area contributed by atoms with E-state index in [1.54, 1.807) is 0 Å². The van der Waals surface area contributed by atoms with Crippen molar-refractivity contribution in [3.63, 3.8) is 0 Å². The monoisotopic (exact) mass is 256 g/mol. The minimum Gasteiger partial charge on any atom is -0.481 e. The number of aliphatic carboxylic acids is 1. The second-order valence-corrected chi connectivity index (χ2v) is 4.96. The molecular weight excluding hydrogens is 232 g/mol. The number of carbonyl (C=O) groups is 2. The van der Waals surface area contributed by atoms with Gasteiger partial charge in [0.05, 0.1) is 0 Å². The second-order valence-electron chi connectivity index (χ2n) is 4.96. The van der Waals surface area contributed by atoms with Crippen LogP contribution in [0.5, 0.6) is 0 Å². The quantitative estimate of drug-likeness (QED) is 0.637. The summed E-state index contributed by atoms with van der Waals surface area (Å²) in [4.78, 5) is 22.0. The molecule has 0 aromatic rings. The van der Waals surface area contributed by atoms with Crippen LogP contribution in [0.3, 0.4) is 0 Å². The average molecular weight is 256 g/mol. The summed E-state index contributed by atoms with van der Waals surface area (Å²) in [6.07, 6.45) is 6.37. The van der Waals surface area contributed by atoms with Gasteiger partial charge in [-0.3, -0.25) is 4.79 Å². The molecule has 0 aliphatic heterocycles. The second kappa shape index (κ2) is 7.95. The molecule has 2 amide bonds. The van der Waals surface area contributed by atoms with E-state index >= 15 is 0 Å². The minimum atomic E-state index is -0.824. The molecule has 1 saturated carbocycles. The molecule has 0 heterocycles. The van der Waals surface area contributed by atoms with Crippen LogP contribution in [0.4, 0.5) is 4.79 Å². The molecule has 2 unspecified atom stereocenters. The van der Waals surface area contributed by atoms with Gasteiger partial charge in [-0.1, -0.05) is 26.2 Å². The first-order valence-electron chi connectivity index (χ1n) is 6.89. The lowest BCUT2D eigenvalue weighted by molar-refractivity contribution is -0.137. The van der Waals surface area contributed by atoms with Gasteiger partial charge in [0.2, 0.25) is 0 Å². The third kappa shape index (κ3) is 5.38. The number of carboxylic acid groups (broad SMARTS) is 1. The zero-order chi connectivity index (χ0) is 13.4. The maximum atomic E-state index is 11.6. The van der Waals surface area contributed by atoms with Gasteiger partial charge in [0.1, 0.15) is 0 Å². The van der Waals surface area contributed by atoms with Gasteiger partial charge in [-0.05, 0) is 25.2 Å². The molecule has 1 aliphatic carbocycles. The van der Waals surface area contributed by atoms with E-state index in [9.17, 15) is 9.59 Å². The fourth-order valence-corrected chi connectivity index (χ4v) is 2.55. The largest absolute Gasteiger partial charge is 0.481 e. The Kier molecular flexibility index (Phi) is 6.54. The van der Waals surface area contributed by atoms with E-state index in [0.29, 0.717) is 18.9 Å². The SMILES string of the molecule is CCC1CCCCC1NC(=O)NCCCC(=O)O. The number of carbonyl (C=O) groups excluding carboxylic acids is 1. The van der Waals surface area contributed by atoms with Crippen molar-refractivity contribution < 1.29 is 14.7 Å². The van der Waals surface area contributed by atoms with Gasteiger partial charge < -0.3 is 15.7 Å². The van der Waals surface area contributed by atoms with Crippen LogP contribution in [0.15, 0.2) is 0 Å². The normalized spacial score (nSPS) is 23.4. The van der Waals surface area contributed by atoms with E-state index < -0.39 is 5.97 Å². The van der Waals surface area contributed by atoms with Crippen molar-refractivity contribution in [2.24, 2.45) is 5.92 Å². The lowest BCUT2D eigenvalue weighted by Gasteiger charge is -2.31. The number of carboxylic acids is 1. The molecule has 1 rings (SSSR count). The molecule has 0 saturated heterocycles. The van der Waals surface area contributed by atoms with E-state index in [4.69, 9.17) is 5.11 Å². The molecule has 5 nitrogen and oxygen atoms in total. The highest BCUT2D eigenvalue weighted by molar-refractivity contribution is 5.74. The van der Waals surface area contributed by atoms with Crippen molar-refractivity contribution in [2.45, 2.75) is 57.9 Å². The summed E-state index contributed by atoms with van der Waals surface area (Å²) in [6.45, 7) is 2.58. The molecule has 3 N–H and O–H groups in total. The first kappa shape index (κ1) is 14.8. The van der Waals surface area contributed by atoms with E-state index in [1.807, 2.05) is 0 Å². The summed E-state index contributed by atoms with van der Waals surface area (Å²) >= 11 is 0. The molecule has 1 aliphatic rings. The standard InChI is InChI=1S/C13H24N2O3/c1-2-10-6-3-4-7-11(10)15-13(18)14-9-5-8-12(16)17/h10-11H,2-9H2,1H3,(H,16,17)(H2,14,15,18). The molecule has 104 valence electrons. The van der Waals surface area contributed by atoms with Crippen molar-refractivity contribution in [1.82, 2.24) is 10.6 Å². The topological polar surface area (TPSA) is 78.4 Å². The van der Waals surface area contributed by atoms with Crippen LogP contribution >= 0.6 is 0 Å². The summed E-state index contributed by atoms with van der Waals surface area (Å²) in [6, 6.07) is 0.119. The minimum absolute atomic E-state index is 0.0985. The number of urea groups is 1. The molecule has 0 aromatic heterocycles. The van der Waals surface area contributed by atoms with Crippen molar-refractivity contribution in [1.29, 1.82) is 0 Å². The lowest BCUT2D eigenvalue weighted by Crippen LogP contribution is -2.46. The lowest BCUT2D eigenvalue weighted by atomic mass is 9.83. The van der Waals surface area contributed by atoms with Crippen LogP contribution in [0, 0.1) is 5.92 Å². The fraction of sp³-hybridized carbons (Fsp3) is 0.846. The number of amides is 2. The first-order chi connectivity index (χ1) is 8.63. The van der Waals surface area contributed by atoms with Crippen LogP contribution in [-0.2, 0) is 4.79 Å². The fourth-order valence-electron chi connectivity index (χ4n) is 2.55. The van der Waals surface area contributed by atoms with Crippen molar-refractivity contribution in [2.75, 3.05) is 6.54 Å². The predicted octanol–water partition coefficient (Wildman–Crippen LogP) is 2.12. The molecule has 5 heteroatoms. The zero-order valence-electron chi connectivity index (χ0n) is 11.1. The molecule has 18 heavy (non-hydrogen) atoms.